The van der Waals surface area contributed by atoms with E-state index in [4.69, 9.17) is 9.47 Å². The average Bonchev–Trinajstić information content (AvgIpc) is 2.23. The topological polar surface area (TPSA) is 38.7 Å². The number of hydrogen-bond donors (Lipinski definition) is 1. The van der Waals surface area contributed by atoms with E-state index in [1.807, 2.05) is 24.3 Å². The molecule has 0 amide bonds. The molecular weight excluding hydrogens is 284 g/mol. The van der Waals surface area contributed by atoms with Crippen LogP contribution in [0, 0.1) is 0 Å². The van der Waals surface area contributed by atoms with Gasteiger partial charge in [-0.05, 0) is 25.5 Å². The number of rotatable bonds is 6. The quantitative estimate of drug-likeness (QED) is 0.820. The first kappa shape index (κ1) is 14.6. The van der Waals surface area contributed by atoms with E-state index in [0.717, 1.165) is 10.0 Å². The number of methoxy groups -OCH3 is 1. The van der Waals surface area contributed by atoms with Gasteiger partial charge in [-0.1, -0.05) is 34.1 Å². The van der Waals surface area contributed by atoms with E-state index in [-0.39, 0.29) is 12.9 Å². The van der Waals surface area contributed by atoms with Crippen LogP contribution >= 0.6 is 15.9 Å². The third kappa shape index (κ3) is 5.17. The lowest BCUT2D eigenvalue weighted by Gasteiger charge is -2.26. The Balaban J connectivity index is 2.86. The van der Waals surface area contributed by atoms with Crippen LogP contribution in [0.1, 0.15) is 31.9 Å². The summed E-state index contributed by atoms with van der Waals surface area (Å²) in [6, 6.07) is 7.84. The van der Waals surface area contributed by atoms with E-state index in [2.05, 4.69) is 15.9 Å². The van der Waals surface area contributed by atoms with Crippen LogP contribution in [-0.2, 0) is 9.47 Å². The van der Waals surface area contributed by atoms with E-state index in [1.165, 1.54) is 0 Å². The van der Waals surface area contributed by atoms with E-state index < -0.39 is 5.60 Å². The predicted octanol–water partition coefficient (Wildman–Crippen LogP) is 3.27. The van der Waals surface area contributed by atoms with Crippen molar-refractivity contribution in [2.24, 2.45) is 0 Å². The lowest BCUT2D eigenvalue weighted by Crippen LogP contribution is -2.24. The molecule has 3 nitrogen and oxygen atoms in total. The average molecular weight is 303 g/mol. The molecule has 0 saturated heterocycles. The summed E-state index contributed by atoms with van der Waals surface area (Å²) in [4.78, 5) is 0. The van der Waals surface area contributed by atoms with Crippen molar-refractivity contribution < 1.29 is 14.6 Å². The molecule has 0 spiro atoms. The molecule has 0 fully saturated rings. The highest BCUT2D eigenvalue weighted by molar-refractivity contribution is 9.10. The van der Waals surface area contributed by atoms with Gasteiger partial charge < -0.3 is 14.6 Å². The van der Waals surface area contributed by atoms with Gasteiger partial charge in [0.2, 0.25) is 0 Å². The van der Waals surface area contributed by atoms with Gasteiger partial charge in [0, 0.05) is 18.0 Å². The van der Waals surface area contributed by atoms with Gasteiger partial charge >= 0.3 is 0 Å². The normalized spacial score (nSPS) is 13.7. The van der Waals surface area contributed by atoms with Crippen LogP contribution in [0.15, 0.2) is 28.7 Å². The molecule has 1 N–H and O–H groups in total. The molecule has 0 aliphatic rings. The Bertz CT molecular complexity index is 347. The molecular formula is C13H19BrO3. The van der Waals surface area contributed by atoms with Gasteiger partial charge in [-0.2, -0.15) is 0 Å². The third-order valence-electron chi connectivity index (χ3n) is 2.32. The second-order valence-electron chi connectivity index (χ2n) is 4.60. The predicted molar refractivity (Wildman–Crippen MR) is 70.8 cm³/mol. The van der Waals surface area contributed by atoms with Crippen molar-refractivity contribution in [3.05, 3.63) is 34.3 Å². The minimum atomic E-state index is -0.784. The van der Waals surface area contributed by atoms with Crippen molar-refractivity contribution in [3.8, 4) is 0 Å². The molecule has 96 valence electrons. The molecule has 0 saturated carbocycles. The van der Waals surface area contributed by atoms with E-state index in [9.17, 15) is 5.11 Å². The Kier molecular flexibility index (Phi) is 5.59. The Morgan fingerprint density at radius 1 is 1.35 bits per heavy atom. The highest BCUT2D eigenvalue weighted by Gasteiger charge is 2.23. The van der Waals surface area contributed by atoms with E-state index in [0.29, 0.717) is 6.42 Å². The minimum absolute atomic E-state index is 0.189. The van der Waals surface area contributed by atoms with Crippen LogP contribution in [0.4, 0.5) is 0 Å². The molecule has 1 unspecified atom stereocenters. The van der Waals surface area contributed by atoms with Crippen molar-refractivity contribution in [2.75, 3.05) is 13.9 Å². The standard InChI is InChI=1S/C13H19BrO3/c1-13(2,15)8-12(17-9-16-3)10-6-4-5-7-11(10)14/h4-7,12,15H,8-9H2,1-3H3. The van der Waals surface area contributed by atoms with Crippen LogP contribution < -0.4 is 0 Å². The second kappa shape index (κ2) is 6.50. The zero-order valence-electron chi connectivity index (χ0n) is 10.4. The first-order valence-corrected chi connectivity index (χ1v) is 6.30. The smallest absolute Gasteiger partial charge is 0.147 e. The summed E-state index contributed by atoms with van der Waals surface area (Å²) in [7, 11) is 1.58. The molecule has 1 aromatic carbocycles. The maximum Gasteiger partial charge on any atom is 0.147 e. The summed E-state index contributed by atoms with van der Waals surface area (Å²) in [5.41, 5.74) is 0.236. The fourth-order valence-corrected chi connectivity index (χ4v) is 2.14. The molecule has 0 aromatic heterocycles. The van der Waals surface area contributed by atoms with Crippen LogP contribution in [0.3, 0.4) is 0 Å². The Labute approximate surface area is 111 Å². The summed E-state index contributed by atoms with van der Waals surface area (Å²) in [6.45, 7) is 3.75. The molecule has 1 atom stereocenters. The number of ether oxygens (including phenoxy) is 2. The van der Waals surface area contributed by atoms with Gasteiger partial charge in [-0.15, -0.1) is 0 Å². The molecule has 0 bridgehead atoms. The molecule has 0 heterocycles. The molecule has 0 aliphatic carbocycles. The zero-order chi connectivity index (χ0) is 12.9. The van der Waals surface area contributed by atoms with Crippen LogP contribution in [0.5, 0.6) is 0 Å². The highest BCUT2D eigenvalue weighted by Crippen LogP contribution is 2.32. The number of benzene rings is 1. The third-order valence-corrected chi connectivity index (χ3v) is 3.05. The number of hydrogen-bond acceptors (Lipinski definition) is 3. The van der Waals surface area contributed by atoms with Crippen molar-refractivity contribution >= 4 is 15.9 Å². The molecule has 4 heteroatoms. The first-order chi connectivity index (χ1) is 7.94. The lowest BCUT2D eigenvalue weighted by atomic mass is 9.96. The second-order valence-corrected chi connectivity index (χ2v) is 5.45. The fourth-order valence-electron chi connectivity index (χ4n) is 1.60. The summed E-state index contributed by atoms with van der Waals surface area (Å²) >= 11 is 3.49. The summed E-state index contributed by atoms with van der Waals surface area (Å²) in [5.74, 6) is 0. The Hall–Kier alpha value is -0.420. The fraction of sp³-hybridized carbons (Fsp3) is 0.538. The molecule has 1 rings (SSSR count). The van der Waals surface area contributed by atoms with Gasteiger partial charge in [0.1, 0.15) is 6.79 Å². The lowest BCUT2D eigenvalue weighted by molar-refractivity contribution is -0.0972. The van der Waals surface area contributed by atoms with Gasteiger partial charge in [-0.25, -0.2) is 0 Å². The Morgan fingerprint density at radius 3 is 2.53 bits per heavy atom. The van der Waals surface area contributed by atoms with Crippen LogP contribution in [-0.4, -0.2) is 24.6 Å². The molecule has 1 aromatic rings. The molecule has 0 radical (unpaired) electrons. The molecule has 17 heavy (non-hydrogen) atoms. The van der Waals surface area contributed by atoms with Crippen molar-refractivity contribution in [2.45, 2.75) is 32.0 Å². The SMILES string of the molecule is COCOC(CC(C)(C)O)c1ccccc1Br. The number of aliphatic hydroxyl groups is 1. The van der Waals surface area contributed by atoms with Crippen molar-refractivity contribution in [1.29, 1.82) is 0 Å². The van der Waals surface area contributed by atoms with Gasteiger partial charge in [0.05, 0.1) is 11.7 Å². The maximum atomic E-state index is 9.90. The largest absolute Gasteiger partial charge is 0.390 e. The van der Waals surface area contributed by atoms with Crippen LogP contribution in [0.2, 0.25) is 0 Å². The zero-order valence-corrected chi connectivity index (χ0v) is 12.0. The summed E-state index contributed by atoms with van der Waals surface area (Å²) < 4.78 is 11.5. The first-order valence-electron chi connectivity index (χ1n) is 5.51. The van der Waals surface area contributed by atoms with E-state index in [1.54, 1.807) is 21.0 Å². The minimum Gasteiger partial charge on any atom is -0.390 e. The van der Waals surface area contributed by atoms with Gasteiger partial charge in [-0.3, -0.25) is 0 Å². The summed E-state index contributed by atoms with van der Waals surface area (Å²) in [6.07, 6.45) is 0.324. The van der Waals surface area contributed by atoms with Crippen molar-refractivity contribution in [3.63, 3.8) is 0 Å². The van der Waals surface area contributed by atoms with Crippen LogP contribution in [0.25, 0.3) is 0 Å². The highest BCUT2D eigenvalue weighted by atomic mass is 79.9. The van der Waals surface area contributed by atoms with Gasteiger partial charge in [0.25, 0.3) is 0 Å². The monoisotopic (exact) mass is 302 g/mol. The Morgan fingerprint density at radius 2 is 2.00 bits per heavy atom. The molecule has 0 aliphatic heterocycles. The number of halogens is 1. The van der Waals surface area contributed by atoms with Gasteiger partial charge in [0.15, 0.2) is 0 Å². The maximum absolute atomic E-state index is 9.90. The van der Waals surface area contributed by atoms with Crippen molar-refractivity contribution in [1.82, 2.24) is 0 Å². The summed E-state index contributed by atoms with van der Waals surface area (Å²) in [5, 5.41) is 9.90. The van der Waals surface area contributed by atoms with E-state index >= 15 is 0 Å².